The highest BCUT2D eigenvalue weighted by Crippen LogP contribution is 2.24. The molecule has 2 atom stereocenters. The predicted octanol–water partition coefficient (Wildman–Crippen LogP) is 2.34. The minimum atomic E-state index is -0.662. The average molecular weight is 282 g/mol. The van der Waals surface area contributed by atoms with Crippen LogP contribution in [-0.4, -0.2) is 48.7 Å². The zero-order valence-corrected chi connectivity index (χ0v) is 12.8. The molecule has 2 unspecified atom stereocenters. The van der Waals surface area contributed by atoms with E-state index >= 15 is 0 Å². The third kappa shape index (κ3) is 5.41. The van der Waals surface area contributed by atoms with Crippen molar-refractivity contribution in [1.29, 1.82) is 0 Å². The Kier molecular flexibility index (Phi) is 6.30. The minimum absolute atomic E-state index is 0.313. The molecule has 2 aliphatic rings. The molecule has 0 aromatic carbocycles. The predicted molar refractivity (Wildman–Crippen MR) is 80.8 cm³/mol. The molecule has 1 heterocycles. The number of likely N-dealkylation sites (tertiary alicyclic amines) is 1. The van der Waals surface area contributed by atoms with Crippen molar-refractivity contribution in [2.75, 3.05) is 26.7 Å². The van der Waals surface area contributed by atoms with Crippen LogP contribution < -0.4 is 5.32 Å². The Bertz CT molecular complexity index is 303. The quantitative estimate of drug-likeness (QED) is 0.785. The van der Waals surface area contributed by atoms with Gasteiger partial charge in [-0.2, -0.15) is 0 Å². The zero-order chi connectivity index (χ0) is 14.4. The molecule has 2 fully saturated rings. The number of nitrogens with zero attached hydrogens (tertiary/aromatic N) is 1. The summed E-state index contributed by atoms with van der Waals surface area (Å²) in [7, 11) is 2.15. The second-order valence-corrected chi connectivity index (χ2v) is 6.86. The molecule has 2 N–H and O–H groups in total. The van der Waals surface area contributed by atoms with Gasteiger partial charge in [0.25, 0.3) is 0 Å². The van der Waals surface area contributed by atoms with Crippen LogP contribution in [0.4, 0.5) is 0 Å². The van der Waals surface area contributed by atoms with Gasteiger partial charge in [-0.25, -0.2) is 0 Å². The minimum Gasteiger partial charge on any atom is -0.481 e. The van der Waals surface area contributed by atoms with E-state index in [0.29, 0.717) is 18.4 Å². The van der Waals surface area contributed by atoms with E-state index in [1.165, 1.54) is 32.1 Å². The largest absolute Gasteiger partial charge is 0.481 e. The van der Waals surface area contributed by atoms with Crippen molar-refractivity contribution in [2.24, 2.45) is 11.8 Å². The van der Waals surface area contributed by atoms with Crippen molar-refractivity contribution in [3.8, 4) is 0 Å². The summed E-state index contributed by atoms with van der Waals surface area (Å²) >= 11 is 0. The maximum Gasteiger partial charge on any atom is 0.303 e. The summed E-state index contributed by atoms with van der Waals surface area (Å²) in [6.07, 6.45) is 9.27. The molecule has 0 aromatic heterocycles. The van der Waals surface area contributed by atoms with Gasteiger partial charge in [0, 0.05) is 25.6 Å². The number of hydrogen-bond acceptors (Lipinski definition) is 3. The number of likely N-dealkylation sites (N-methyl/N-ethyl adjacent to an activating group) is 1. The van der Waals surface area contributed by atoms with Crippen LogP contribution in [-0.2, 0) is 4.79 Å². The Morgan fingerprint density at radius 3 is 2.65 bits per heavy atom. The van der Waals surface area contributed by atoms with Gasteiger partial charge in [-0.1, -0.05) is 19.3 Å². The summed E-state index contributed by atoms with van der Waals surface area (Å²) in [4.78, 5) is 13.1. The van der Waals surface area contributed by atoms with Crippen molar-refractivity contribution in [3.63, 3.8) is 0 Å². The SMILES string of the molecule is CN1CC(CCC(=O)O)CC(NCC2CCCCC2)C1. The lowest BCUT2D eigenvalue weighted by atomic mass is 9.87. The normalized spacial score (nSPS) is 29.4. The number of hydrogen-bond donors (Lipinski definition) is 2. The van der Waals surface area contributed by atoms with Gasteiger partial charge in [0.2, 0.25) is 0 Å². The third-order valence-corrected chi connectivity index (χ3v) is 4.91. The Morgan fingerprint density at radius 2 is 1.95 bits per heavy atom. The van der Waals surface area contributed by atoms with Crippen LogP contribution in [0.2, 0.25) is 0 Å². The topological polar surface area (TPSA) is 52.6 Å². The Labute approximate surface area is 122 Å². The van der Waals surface area contributed by atoms with E-state index in [1.54, 1.807) is 0 Å². The average Bonchev–Trinajstić information content (AvgIpc) is 2.44. The smallest absolute Gasteiger partial charge is 0.303 e. The van der Waals surface area contributed by atoms with Crippen LogP contribution in [0.15, 0.2) is 0 Å². The third-order valence-electron chi connectivity index (χ3n) is 4.91. The highest BCUT2D eigenvalue weighted by Gasteiger charge is 2.26. The first-order valence-corrected chi connectivity index (χ1v) is 8.27. The van der Waals surface area contributed by atoms with Gasteiger partial charge in [0.15, 0.2) is 0 Å². The van der Waals surface area contributed by atoms with E-state index in [-0.39, 0.29) is 0 Å². The molecular weight excluding hydrogens is 252 g/mol. The summed E-state index contributed by atoms with van der Waals surface area (Å²) in [6.45, 7) is 3.31. The van der Waals surface area contributed by atoms with Gasteiger partial charge in [-0.15, -0.1) is 0 Å². The molecular formula is C16H30N2O2. The lowest BCUT2D eigenvalue weighted by molar-refractivity contribution is -0.137. The number of aliphatic carboxylic acids is 1. The summed E-state index contributed by atoms with van der Waals surface area (Å²) < 4.78 is 0. The van der Waals surface area contributed by atoms with Gasteiger partial charge in [-0.3, -0.25) is 4.79 Å². The maximum absolute atomic E-state index is 10.7. The van der Waals surface area contributed by atoms with Gasteiger partial charge in [-0.05, 0) is 51.1 Å². The van der Waals surface area contributed by atoms with Crippen LogP contribution in [0, 0.1) is 11.8 Å². The van der Waals surface area contributed by atoms with Crippen LogP contribution in [0.1, 0.15) is 51.4 Å². The maximum atomic E-state index is 10.7. The zero-order valence-electron chi connectivity index (χ0n) is 12.8. The Balaban J connectivity index is 1.71. The van der Waals surface area contributed by atoms with Crippen molar-refractivity contribution in [1.82, 2.24) is 10.2 Å². The fourth-order valence-electron chi connectivity index (χ4n) is 3.85. The fourth-order valence-corrected chi connectivity index (χ4v) is 3.85. The van der Waals surface area contributed by atoms with E-state index < -0.39 is 5.97 Å². The fraction of sp³-hybridized carbons (Fsp3) is 0.938. The first kappa shape index (κ1) is 15.8. The van der Waals surface area contributed by atoms with Crippen molar-refractivity contribution in [3.05, 3.63) is 0 Å². The van der Waals surface area contributed by atoms with E-state index in [4.69, 9.17) is 5.11 Å². The standard InChI is InChI=1S/C16H30N2O2/c1-18-11-14(7-8-16(19)20)9-15(12-18)17-10-13-5-3-2-4-6-13/h13-15,17H,2-12H2,1H3,(H,19,20). The molecule has 2 rings (SSSR count). The summed E-state index contributed by atoms with van der Waals surface area (Å²) in [5, 5.41) is 12.6. The van der Waals surface area contributed by atoms with Gasteiger partial charge >= 0.3 is 5.97 Å². The molecule has 0 radical (unpaired) electrons. The molecule has 1 aliphatic carbocycles. The molecule has 0 spiro atoms. The van der Waals surface area contributed by atoms with Crippen molar-refractivity contribution in [2.45, 2.75) is 57.4 Å². The van der Waals surface area contributed by atoms with E-state index in [2.05, 4.69) is 17.3 Å². The summed E-state index contributed by atoms with van der Waals surface area (Å²) in [5.74, 6) is 0.743. The van der Waals surface area contributed by atoms with Crippen LogP contribution in [0.5, 0.6) is 0 Å². The van der Waals surface area contributed by atoms with Crippen molar-refractivity contribution < 1.29 is 9.90 Å². The first-order valence-electron chi connectivity index (χ1n) is 8.27. The van der Waals surface area contributed by atoms with Crippen LogP contribution in [0.3, 0.4) is 0 Å². The number of piperidine rings is 1. The lowest BCUT2D eigenvalue weighted by Crippen LogP contribution is -2.48. The van der Waals surface area contributed by atoms with Crippen LogP contribution in [0.25, 0.3) is 0 Å². The molecule has 4 nitrogen and oxygen atoms in total. The van der Waals surface area contributed by atoms with E-state index in [0.717, 1.165) is 38.4 Å². The monoisotopic (exact) mass is 282 g/mol. The summed E-state index contributed by atoms with van der Waals surface area (Å²) in [6, 6.07) is 0.550. The van der Waals surface area contributed by atoms with E-state index in [1.807, 2.05) is 0 Å². The molecule has 1 saturated carbocycles. The highest BCUT2D eigenvalue weighted by molar-refractivity contribution is 5.66. The molecule has 1 aliphatic heterocycles. The summed E-state index contributed by atoms with van der Waals surface area (Å²) in [5.41, 5.74) is 0. The number of carbonyl (C=O) groups is 1. The number of nitrogens with one attached hydrogen (secondary N) is 1. The van der Waals surface area contributed by atoms with Crippen LogP contribution >= 0.6 is 0 Å². The second-order valence-electron chi connectivity index (χ2n) is 6.86. The van der Waals surface area contributed by atoms with E-state index in [9.17, 15) is 4.79 Å². The molecule has 0 aromatic rings. The van der Waals surface area contributed by atoms with Gasteiger partial charge in [0.1, 0.15) is 0 Å². The van der Waals surface area contributed by atoms with Gasteiger partial charge in [0.05, 0.1) is 0 Å². The number of rotatable bonds is 6. The molecule has 4 heteroatoms. The lowest BCUT2D eigenvalue weighted by Gasteiger charge is -2.37. The molecule has 1 saturated heterocycles. The number of carboxylic acid groups (broad SMARTS) is 1. The number of carboxylic acids is 1. The second kappa shape index (κ2) is 7.99. The van der Waals surface area contributed by atoms with Crippen molar-refractivity contribution >= 4 is 5.97 Å². The Hall–Kier alpha value is -0.610. The van der Waals surface area contributed by atoms with Gasteiger partial charge < -0.3 is 15.3 Å². The molecule has 20 heavy (non-hydrogen) atoms. The highest BCUT2D eigenvalue weighted by atomic mass is 16.4. The molecule has 116 valence electrons. The molecule has 0 amide bonds. The first-order chi connectivity index (χ1) is 9.63. The molecule has 0 bridgehead atoms. The Morgan fingerprint density at radius 1 is 1.20 bits per heavy atom.